The van der Waals surface area contributed by atoms with Gasteiger partial charge in [-0.2, -0.15) is 0 Å². The number of rotatable bonds is 1. The van der Waals surface area contributed by atoms with Gasteiger partial charge < -0.3 is 14.9 Å². The molecule has 2 atom stereocenters. The van der Waals surface area contributed by atoms with E-state index in [-0.39, 0.29) is 11.7 Å². The van der Waals surface area contributed by atoms with Gasteiger partial charge in [0, 0.05) is 5.56 Å². The monoisotopic (exact) mass is 234 g/mol. The van der Waals surface area contributed by atoms with Gasteiger partial charge in [-0.1, -0.05) is 19.3 Å². The normalized spacial score (nSPS) is 28.8. The number of fused-ring (bicyclic) bond motifs is 1. The molecule has 2 aliphatic rings. The Morgan fingerprint density at radius 2 is 1.88 bits per heavy atom. The van der Waals surface area contributed by atoms with Gasteiger partial charge in [0.2, 0.25) is 6.29 Å². The molecule has 1 fully saturated rings. The third-order valence-corrected chi connectivity index (χ3v) is 4.07. The van der Waals surface area contributed by atoms with Gasteiger partial charge in [-0.3, -0.25) is 0 Å². The van der Waals surface area contributed by atoms with Crippen LogP contribution in [0.3, 0.4) is 0 Å². The van der Waals surface area contributed by atoms with E-state index in [9.17, 15) is 10.2 Å². The second-order valence-electron chi connectivity index (χ2n) is 5.15. The number of hydrogen-bond acceptors (Lipinski definition) is 3. The zero-order valence-electron chi connectivity index (χ0n) is 9.80. The Hall–Kier alpha value is -1.22. The topological polar surface area (TPSA) is 49.7 Å². The number of benzene rings is 1. The average Bonchev–Trinajstić information content (AvgIpc) is 2.65. The van der Waals surface area contributed by atoms with Crippen molar-refractivity contribution in [2.75, 3.05) is 0 Å². The number of ether oxygens (including phenoxy) is 1. The van der Waals surface area contributed by atoms with Crippen LogP contribution in [-0.4, -0.2) is 16.5 Å². The van der Waals surface area contributed by atoms with Crippen molar-refractivity contribution in [1.29, 1.82) is 0 Å². The molecule has 1 aliphatic heterocycles. The summed E-state index contributed by atoms with van der Waals surface area (Å²) in [5.41, 5.74) is 0.976. The van der Waals surface area contributed by atoms with Gasteiger partial charge in [-0.25, -0.2) is 0 Å². The summed E-state index contributed by atoms with van der Waals surface area (Å²) < 4.78 is 5.47. The predicted octanol–water partition coefficient (Wildman–Crippen LogP) is 2.77. The van der Waals surface area contributed by atoms with Crippen LogP contribution in [0.25, 0.3) is 0 Å². The van der Waals surface area contributed by atoms with Crippen LogP contribution < -0.4 is 4.74 Å². The summed E-state index contributed by atoms with van der Waals surface area (Å²) in [5, 5.41) is 19.6. The molecular formula is C14H18O3. The van der Waals surface area contributed by atoms with Gasteiger partial charge in [-0.15, -0.1) is 0 Å². The molecule has 0 spiro atoms. The van der Waals surface area contributed by atoms with Gasteiger partial charge >= 0.3 is 0 Å². The molecular weight excluding hydrogens is 216 g/mol. The van der Waals surface area contributed by atoms with Gasteiger partial charge in [0.15, 0.2) is 0 Å². The van der Waals surface area contributed by atoms with E-state index in [0.717, 1.165) is 24.2 Å². The maximum absolute atomic E-state index is 10.0. The maximum atomic E-state index is 10.0. The Kier molecular flexibility index (Phi) is 2.71. The molecule has 3 nitrogen and oxygen atoms in total. The lowest BCUT2D eigenvalue weighted by Gasteiger charge is -2.28. The Labute approximate surface area is 101 Å². The van der Waals surface area contributed by atoms with Crippen molar-refractivity contribution < 1.29 is 14.9 Å². The van der Waals surface area contributed by atoms with Crippen LogP contribution in [0.5, 0.6) is 11.5 Å². The van der Waals surface area contributed by atoms with Crippen molar-refractivity contribution in [3.05, 3.63) is 23.8 Å². The van der Waals surface area contributed by atoms with E-state index in [1.165, 1.54) is 19.3 Å². The molecule has 1 saturated carbocycles. The van der Waals surface area contributed by atoms with E-state index in [1.807, 2.05) is 0 Å². The van der Waals surface area contributed by atoms with Gasteiger partial charge in [0.05, 0.1) is 5.92 Å². The lowest BCUT2D eigenvalue weighted by atomic mass is 9.77. The first-order chi connectivity index (χ1) is 8.25. The van der Waals surface area contributed by atoms with E-state index >= 15 is 0 Å². The lowest BCUT2D eigenvalue weighted by molar-refractivity contribution is -0.0353. The van der Waals surface area contributed by atoms with Crippen molar-refractivity contribution in [1.82, 2.24) is 0 Å². The van der Waals surface area contributed by atoms with E-state index in [4.69, 9.17) is 4.74 Å². The van der Waals surface area contributed by atoms with Crippen molar-refractivity contribution in [3.8, 4) is 11.5 Å². The fraction of sp³-hybridized carbons (Fsp3) is 0.571. The quantitative estimate of drug-likeness (QED) is 0.785. The molecule has 0 amide bonds. The zero-order valence-corrected chi connectivity index (χ0v) is 9.80. The van der Waals surface area contributed by atoms with Gasteiger partial charge in [0.1, 0.15) is 11.5 Å². The smallest absolute Gasteiger partial charge is 0.204 e. The molecule has 0 bridgehead atoms. The maximum Gasteiger partial charge on any atom is 0.204 e. The first-order valence-electron chi connectivity index (χ1n) is 6.43. The SMILES string of the molecule is Oc1ccc2c(c1)[C@@H](C1CCCCC1)[C@H](O)O2. The highest BCUT2D eigenvalue weighted by atomic mass is 16.6. The van der Waals surface area contributed by atoms with Crippen LogP contribution >= 0.6 is 0 Å². The molecule has 1 aromatic rings. The number of phenols is 1. The Bertz CT molecular complexity index is 410. The predicted molar refractivity (Wildman–Crippen MR) is 64.1 cm³/mol. The number of aliphatic hydroxyl groups is 1. The summed E-state index contributed by atoms with van der Waals surface area (Å²) in [7, 11) is 0. The fourth-order valence-corrected chi connectivity index (χ4v) is 3.24. The number of phenolic OH excluding ortho intramolecular Hbond substituents is 1. The molecule has 0 unspecified atom stereocenters. The first kappa shape index (κ1) is 10.9. The summed E-state index contributed by atoms with van der Waals surface area (Å²) in [4.78, 5) is 0. The molecule has 3 rings (SSSR count). The highest BCUT2D eigenvalue weighted by molar-refractivity contribution is 5.45. The molecule has 1 heterocycles. The van der Waals surface area contributed by atoms with Crippen LogP contribution in [0.4, 0.5) is 0 Å². The number of aliphatic hydroxyl groups excluding tert-OH is 1. The van der Waals surface area contributed by atoms with E-state index in [1.54, 1.807) is 18.2 Å². The molecule has 1 aromatic carbocycles. The molecule has 0 radical (unpaired) electrons. The highest BCUT2D eigenvalue weighted by Crippen LogP contribution is 2.47. The van der Waals surface area contributed by atoms with E-state index < -0.39 is 6.29 Å². The summed E-state index contributed by atoms with van der Waals surface area (Å²) in [6.45, 7) is 0. The minimum atomic E-state index is -0.741. The largest absolute Gasteiger partial charge is 0.508 e. The Morgan fingerprint density at radius 3 is 2.65 bits per heavy atom. The van der Waals surface area contributed by atoms with Gasteiger partial charge in [0.25, 0.3) is 0 Å². The van der Waals surface area contributed by atoms with Crippen LogP contribution in [0, 0.1) is 5.92 Å². The molecule has 2 N–H and O–H groups in total. The van der Waals surface area contributed by atoms with Crippen LogP contribution in [-0.2, 0) is 0 Å². The minimum absolute atomic E-state index is 0.0393. The zero-order chi connectivity index (χ0) is 11.8. The van der Waals surface area contributed by atoms with Crippen LogP contribution in [0.2, 0.25) is 0 Å². The average molecular weight is 234 g/mol. The van der Waals surface area contributed by atoms with E-state index in [0.29, 0.717) is 5.92 Å². The Balaban J connectivity index is 1.92. The minimum Gasteiger partial charge on any atom is -0.508 e. The fourth-order valence-electron chi connectivity index (χ4n) is 3.24. The van der Waals surface area contributed by atoms with Crippen molar-refractivity contribution >= 4 is 0 Å². The highest BCUT2D eigenvalue weighted by Gasteiger charge is 2.39. The second kappa shape index (κ2) is 4.22. The summed E-state index contributed by atoms with van der Waals surface area (Å²) in [6, 6.07) is 5.09. The second-order valence-corrected chi connectivity index (χ2v) is 5.15. The summed E-state index contributed by atoms with van der Waals surface area (Å²) in [6.07, 6.45) is 5.34. The Morgan fingerprint density at radius 1 is 1.12 bits per heavy atom. The summed E-state index contributed by atoms with van der Waals surface area (Å²) in [5.74, 6) is 1.51. The first-order valence-corrected chi connectivity index (χ1v) is 6.43. The van der Waals surface area contributed by atoms with Crippen LogP contribution in [0.1, 0.15) is 43.6 Å². The molecule has 3 heteroatoms. The van der Waals surface area contributed by atoms with Crippen LogP contribution in [0.15, 0.2) is 18.2 Å². The van der Waals surface area contributed by atoms with Crippen molar-refractivity contribution in [2.24, 2.45) is 5.92 Å². The third-order valence-electron chi connectivity index (χ3n) is 4.07. The standard InChI is InChI=1S/C14H18O3/c15-10-6-7-12-11(8-10)13(14(16)17-12)9-4-2-1-3-5-9/h6-9,13-16H,1-5H2/t13-,14-/m1/s1. The molecule has 0 aromatic heterocycles. The van der Waals surface area contributed by atoms with Crippen molar-refractivity contribution in [2.45, 2.75) is 44.3 Å². The summed E-state index contributed by atoms with van der Waals surface area (Å²) >= 11 is 0. The molecule has 0 saturated heterocycles. The third kappa shape index (κ3) is 1.89. The molecule has 92 valence electrons. The van der Waals surface area contributed by atoms with Crippen molar-refractivity contribution in [3.63, 3.8) is 0 Å². The lowest BCUT2D eigenvalue weighted by Crippen LogP contribution is -2.26. The molecule has 17 heavy (non-hydrogen) atoms. The van der Waals surface area contributed by atoms with E-state index in [2.05, 4.69) is 0 Å². The number of hydrogen-bond donors (Lipinski definition) is 2. The molecule has 1 aliphatic carbocycles. The number of aromatic hydroxyl groups is 1. The van der Waals surface area contributed by atoms with Gasteiger partial charge in [-0.05, 0) is 37.0 Å².